The van der Waals surface area contributed by atoms with Crippen molar-refractivity contribution in [3.8, 4) is 11.4 Å². The lowest BCUT2D eigenvalue weighted by atomic mass is 10.2. The van der Waals surface area contributed by atoms with Gasteiger partial charge in [-0.25, -0.2) is 9.37 Å². The second kappa shape index (κ2) is 5.04. The standard InChI is InChI=1S/C16H15ClFN3/c1-9(2)21-15-7-10(18)3-6-14(15)20-16(21)12-8-11(19)4-5-13(12)17/h3-9H,19H2,1-2H3. The first-order valence-electron chi connectivity index (χ1n) is 6.70. The van der Waals surface area contributed by atoms with Gasteiger partial charge in [0.1, 0.15) is 11.6 Å². The van der Waals surface area contributed by atoms with Gasteiger partial charge in [0, 0.05) is 17.3 Å². The van der Waals surface area contributed by atoms with Crippen LogP contribution in [-0.4, -0.2) is 9.55 Å². The number of halogens is 2. The Hall–Kier alpha value is -2.07. The van der Waals surface area contributed by atoms with E-state index in [-0.39, 0.29) is 11.9 Å². The number of anilines is 1. The van der Waals surface area contributed by atoms with E-state index in [1.54, 1.807) is 24.3 Å². The predicted molar refractivity (Wildman–Crippen MR) is 84.9 cm³/mol. The normalized spacial score (nSPS) is 11.5. The number of hydrogen-bond donors (Lipinski definition) is 1. The molecule has 1 heterocycles. The third-order valence-corrected chi connectivity index (χ3v) is 3.73. The maximum Gasteiger partial charge on any atom is 0.142 e. The van der Waals surface area contributed by atoms with Gasteiger partial charge in [-0.05, 0) is 50.2 Å². The summed E-state index contributed by atoms with van der Waals surface area (Å²) in [5.41, 5.74) is 8.70. The van der Waals surface area contributed by atoms with Crippen LogP contribution in [0.2, 0.25) is 5.02 Å². The van der Waals surface area contributed by atoms with Crippen LogP contribution in [0.5, 0.6) is 0 Å². The molecule has 3 aromatic rings. The van der Waals surface area contributed by atoms with E-state index < -0.39 is 0 Å². The quantitative estimate of drug-likeness (QED) is 0.700. The molecule has 0 aliphatic rings. The summed E-state index contributed by atoms with van der Waals surface area (Å²) in [6.07, 6.45) is 0. The lowest BCUT2D eigenvalue weighted by Gasteiger charge is -2.14. The number of rotatable bonds is 2. The van der Waals surface area contributed by atoms with E-state index in [0.717, 1.165) is 16.6 Å². The zero-order valence-electron chi connectivity index (χ0n) is 11.8. The lowest BCUT2D eigenvalue weighted by Crippen LogP contribution is -2.04. The van der Waals surface area contributed by atoms with Gasteiger partial charge >= 0.3 is 0 Å². The summed E-state index contributed by atoms with van der Waals surface area (Å²) in [4.78, 5) is 4.60. The molecular weight excluding hydrogens is 289 g/mol. The molecule has 0 fully saturated rings. The Morgan fingerprint density at radius 1 is 1.19 bits per heavy atom. The number of nitrogens with zero attached hydrogens (tertiary/aromatic N) is 2. The Bertz CT molecular complexity index is 824. The molecule has 0 radical (unpaired) electrons. The zero-order chi connectivity index (χ0) is 15.1. The smallest absolute Gasteiger partial charge is 0.142 e. The van der Waals surface area contributed by atoms with E-state index >= 15 is 0 Å². The Kier molecular flexibility index (Phi) is 3.33. The number of nitrogens with two attached hydrogens (primary N) is 1. The average molecular weight is 304 g/mol. The summed E-state index contributed by atoms with van der Waals surface area (Å²) >= 11 is 6.28. The molecule has 2 aromatic carbocycles. The van der Waals surface area contributed by atoms with Gasteiger partial charge in [0.25, 0.3) is 0 Å². The van der Waals surface area contributed by atoms with E-state index in [1.165, 1.54) is 12.1 Å². The largest absolute Gasteiger partial charge is 0.399 e. The van der Waals surface area contributed by atoms with Crippen molar-refractivity contribution in [2.24, 2.45) is 0 Å². The summed E-state index contributed by atoms with van der Waals surface area (Å²) in [7, 11) is 0. The number of benzene rings is 2. The van der Waals surface area contributed by atoms with Crippen LogP contribution in [-0.2, 0) is 0 Å². The molecule has 0 atom stereocenters. The van der Waals surface area contributed by atoms with E-state index in [2.05, 4.69) is 4.98 Å². The van der Waals surface area contributed by atoms with Gasteiger partial charge in [0.15, 0.2) is 0 Å². The highest BCUT2D eigenvalue weighted by Gasteiger charge is 2.17. The van der Waals surface area contributed by atoms with Crippen molar-refractivity contribution in [2.45, 2.75) is 19.9 Å². The van der Waals surface area contributed by atoms with Gasteiger partial charge in [0.05, 0.1) is 16.1 Å². The van der Waals surface area contributed by atoms with Crippen LogP contribution in [0, 0.1) is 5.82 Å². The Labute approximate surface area is 127 Å². The van der Waals surface area contributed by atoms with Crippen LogP contribution in [0.25, 0.3) is 22.4 Å². The van der Waals surface area contributed by atoms with Crippen molar-refractivity contribution >= 4 is 28.3 Å². The van der Waals surface area contributed by atoms with Crippen LogP contribution >= 0.6 is 11.6 Å². The molecule has 3 rings (SSSR count). The molecule has 0 saturated heterocycles. The Balaban J connectivity index is 2.36. The summed E-state index contributed by atoms with van der Waals surface area (Å²) in [6, 6.07) is 9.97. The van der Waals surface area contributed by atoms with Crippen molar-refractivity contribution in [1.29, 1.82) is 0 Å². The number of nitrogen functional groups attached to an aromatic ring is 1. The van der Waals surface area contributed by atoms with Gasteiger partial charge in [-0.2, -0.15) is 0 Å². The molecule has 0 aliphatic carbocycles. The summed E-state index contributed by atoms with van der Waals surface area (Å²) in [6.45, 7) is 4.05. The van der Waals surface area contributed by atoms with E-state index in [9.17, 15) is 4.39 Å². The van der Waals surface area contributed by atoms with Gasteiger partial charge in [0.2, 0.25) is 0 Å². The topological polar surface area (TPSA) is 43.8 Å². The summed E-state index contributed by atoms with van der Waals surface area (Å²) in [5, 5.41) is 0.571. The van der Waals surface area contributed by atoms with Crippen molar-refractivity contribution in [2.75, 3.05) is 5.73 Å². The minimum Gasteiger partial charge on any atom is -0.399 e. The van der Waals surface area contributed by atoms with Crippen LogP contribution in [0.15, 0.2) is 36.4 Å². The molecular formula is C16H15ClFN3. The number of fused-ring (bicyclic) bond motifs is 1. The van der Waals surface area contributed by atoms with E-state index in [0.29, 0.717) is 16.5 Å². The van der Waals surface area contributed by atoms with Crippen LogP contribution in [0.1, 0.15) is 19.9 Å². The second-order valence-electron chi connectivity index (χ2n) is 5.27. The minimum atomic E-state index is -0.283. The Morgan fingerprint density at radius 2 is 1.95 bits per heavy atom. The van der Waals surface area contributed by atoms with Crippen molar-refractivity contribution in [1.82, 2.24) is 9.55 Å². The molecule has 21 heavy (non-hydrogen) atoms. The number of hydrogen-bond acceptors (Lipinski definition) is 2. The first kappa shape index (κ1) is 13.9. The molecule has 5 heteroatoms. The highest BCUT2D eigenvalue weighted by atomic mass is 35.5. The van der Waals surface area contributed by atoms with Gasteiger partial charge in [-0.15, -0.1) is 0 Å². The maximum absolute atomic E-state index is 13.5. The highest BCUT2D eigenvalue weighted by Crippen LogP contribution is 2.34. The first-order chi connectivity index (χ1) is 9.97. The molecule has 0 bridgehead atoms. The van der Waals surface area contributed by atoms with Crippen LogP contribution in [0.4, 0.5) is 10.1 Å². The van der Waals surface area contributed by atoms with Crippen LogP contribution < -0.4 is 5.73 Å². The first-order valence-corrected chi connectivity index (χ1v) is 7.08. The fraction of sp³-hybridized carbons (Fsp3) is 0.188. The molecule has 0 saturated carbocycles. The molecule has 0 unspecified atom stereocenters. The van der Waals surface area contributed by atoms with Crippen molar-refractivity contribution in [3.05, 3.63) is 47.2 Å². The summed E-state index contributed by atoms with van der Waals surface area (Å²) in [5.74, 6) is 0.414. The van der Waals surface area contributed by atoms with E-state index in [1.807, 2.05) is 18.4 Å². The SMILES string of the molecule is CC(C)n1c(-c2cc(N)ccc2Cl)nc2ccc(F)cc21. The highest BCUT2D eigenvalue weighted by molar-refractivity contribution is 6.33. The van der Waals surface area contributed by atoms with Gasteiger partial charge in [-0.1, -0.05) is 11.6 Å². The fourth-order valence-electron chi connectivity index (χ4n) is 2.49. The van der Waals surface area contributed by atoms with E-state index in [4.69, 9.17) is 17.3 Å². The molecule has 1 aromatic heterocycles. The van der Waals surface area contributed by atoms with Crippen molar-refractivity contribution in [3.63, 3.8) is 0 Å². The zero-order valence-corrected chi connectivity index (χ0v) is 12.5. The van der Waals surface area contributed by atoms with Gasteiger partial charge in [-0.3, -0.25) is 0 Å². The third-order valence-electron chi connectivity index (χ3n) is 3.40. The molecule has 0 spiro atoms. The molecule has 3 nitrogen and oxygen atoms in total. The third kappa shape index (κ3) is 2.36. The molecule has 108 valence electrons. The fourth-order valence-corrected chi connectivity index (χ4v) is 2.70. The molecule has 0 aliphatic heterocycles. The lowest BCUT2D eigenvalue weighted by molar-refractivity contribution is 0.613. The van der Waals surface area contributed by atoms with Crippen molar-refractivity contribution < 1.29 is 4.39 Å². The van der Waals surface area contributed by atoms with Crippen LogP contribution in [0.3, 0.4) is 0 Å². The molecule has 2 N–H and O–H groups in total. The average Bonchev–Trinajstić information content (AvgIpc) is 2.79. The maximum atomic E-state index is 13.5. The Morgan fingerprint density at radius 3 is 2.67 bits per heavy atom. The monoisotopic (exact) mass is 303 g/mol. The number of imidazole rings is 1. The second-order valence-corrected chi connectivity index (χ2v) is 5.68. The molecule has 0 amide bonds. The predicted octanol–water partition coefficient (Wildman–Crippen LogP) is 4.66. The minimum absolute atomic E-state index is 0.115. The number of aromatic nitrogens is 2. The summed E-state index contributed by atoms with van der Waals surface area (Å²) < 4.78 is 15.5. The van der Waals surface area contributed by atoms with Gasteiger partial charge < -0.3 is 10.3 Å².